The number of methoxy groups -OCH3 is 1. The van der Waals surface area contributed by atoms with Crippen LogP contribution in [0.2, 0.25) is 0 Å². The second-order valence-electron chi connectivity index (χ2n) is 5.92. The number of nitrogens with two attached hydrogens (primary N) is 1. The molecule has 0 aliphatic carbocycles. The highest BCUT2D eigenvalue weighted by Crippen LogP contribution is 2.28. The Morgan fingerprint density at radius 2 is 2.00 bits per heavy atom. The van der Waals surface area contributed by atoms with Gasteiger partial charge in [0.05, 0.1) is 13.7 Å². The highest BCUT2D eigenvalue weighted by Gasteiger charge is 2.16. The van der Waals surface area contributed by atoms with Gasteiger partial charge in [-0.15, -0.1) is 0 Å². The Bertz CT molecular complexity index is 450. The lowest BCUT2D eigenvalue weighted by molar-refractivity contribution is -0.118. The molecule has 0 saturated heterocycles. The molecule has 0 unspecified atom stereocenters. The molecule has 4 heteroatoms. The van der Waals surface area contributed by atoms with Crippen molar-refractivity contribution in [2.45, 2.75) is 32.7 Å². The minimum Gasteiger partial charge on any atom is -0.496 e. The van der Waals surface area contributed by atoms with E-state index in [1.165, 1.54) is 5.56 Å². The van der Waals surface area contributed by atoms with Crippen LogP contribution in [-0.2, 0) is 16.8 Å². The standard InChI is InChI=1S/C15H24N2O2/c1-15(2,3)12-6-7-13(19-5)11(8-12)9-17(4)10-14(16)18/h6-8H,9-10H2,1-5H3,(H2,16,18). The van der Waals surface area contributed by atoms with Crippen molar-refractivity contribution in [1.29, 1.82) is 0 Å². The molecule has 106 valence electrons. The fourth-order valence-electron chi connectivity index (χ4n) is 1.98. The molecule has 0 spiro atoms. The third kappa shape index (κ3) is 4.56. The molecule has 1 aromatic rings. The number of nitrogens with zero attached hydrogens (tertiary/aromatic N) is 1. The van der Waals surface area contributed by atoms with E-state index in [1.54, 1.807) is 7.11 Å². The Morgan fingerprint density at radius 1 is 1.37 bits per heavy atom. The molecular formula is C15H24N2O2. The van der Waals surface area contributed by atoms with E-state index >= 15 is 0 Å². The van der Waals surface area contributed by atoms with Gasteiger partial charge in [-0.2, -0.15) is 0 Å². The molecule has 1 amide bonds. The summed E-state index contributed by atoms with van der Waals surface area (Å²) in [6.45, 7) is 7.39. The summed E-state index contributed by atoms with van der Waals surface area (Å²) in [6, 6.07) is 6.20. The normalized spacial score (nSPS) is 11.7. The van der Waals surface area contributed by atoms with Crippen LogP contribution in [0.3, 0.4) is 0 Å². The van der Waals surface area contributed by atoms with Crippen molar-refractivity contribution in [1.82, 2.24) is 4.90 Å². The first-order chi connectivity index (χ1) is 8.74. The van der Waals surface area contributed by atoms with Gasteiger partial charge in [-0.25, -0.2) is 0 Å². The number of carbonyl (C=O) groups is 1. The van der Waals surface area contributed by atoms with E-state index in [9.17, 15) is 4.79 Å². The molecule has 0 heterocycles. The van der Waals surface area contributed by atoms with Gasteiger partial charge in [0.15, 0.2) is 0 Å². The summed E-state index contributed by atoms with van der Waals surface area (Å²) in [5, 5.41) is 0. The molecule has 4 nitrogen and oxygen atoms in total. The summed E-state index contributed by atoms with van der Waals surface area (Å²) in [7, 11) is 3.53. The molecule has 0 atom stereocenters. The number of carbonyl (C=O) groups excluding carboxylic acids is 1. The maximum Gasteiger partial charge on any atom is 0.231 e. The van der Waals surface area contributed by atoms with Crippen LogP contribution in [0.25, 0.3) is 0 Å². The van der Waals surface area contributed by atoms with Crippen molar-refractivity contribution in [3.05, 3.63) is 29.3 Å². The summed E-state index contributed by atoms with van der Waals surface area (Å²) < 4.78 is 5.38. The largest absolute Gasteiger partial charge is 0.496 e. The lowest BCUT2D eigenvalue weighted by Crippen LogP contribution is -2.30. The van der Waals surface area contributed by atoms with Gasteiger partial charge in [-0.05, 0) is 24.1 Å². The summed E-state index contributed by atoms with van der Waals surface area (Å²) in [6.07, 6.45) is 0. The molecule has 19 heavy (non-hydrogen) atoms. The van der Waals surface area contributed by atoms with Crippen molar-refractivity contribution in [2.75, 3.05) is 20.7 Å². The van der Waals surface area contributed by atoms with Crippen molar-refractivity contribution >= 4 is 5.91 Å². The van der Waals surface area contributed by atoms with Gasteiger partial charge in [0.1, 0.15) is 5.75 Å². The van der Waals surface area contributed by atoms with E-state index in [0.717, 1.165) is 11.3 Å². The van der Waals surface area contributed by atoms with Crippen LogP contribution in [0, 0.1) is 0 Å². The van der Waals surface area contributed by atoms with Crippen LogP contribution in [0.15, 0.2) is 18.2 Å². The fourth-order valence-corrected chi connectivity index (χ4v) is 1.98. The molecule has 0 bridgehead atoms. The van der Waals surface area contributed by atoms with Gasteiger partial charge < -0.3 is 10.5 Å². The van der Waals surface area contributed by atoms with Crippen LogP contribution < -0.4 is 10.5 Å². The number of hydrogen-bond acceptors (Lipinski definition) is 3. The topological polar surface area (TPSA) is 55.6 Å². The summed E-state index contributed by atoms with van der Waals surface area (Å²) in [5.41, 5.74) is 7.61. The molecule has 1 aromatic carbocycles. The average molecular weight is 264 g/mol. The molecule has 0 aliphatic heterocycles. The molecule has 0 aliphatic rings. The Kier molecular flexibility index (Phi) is 4.95. The number of benzene rings is 1. The third-order valence-electron chi connectivity index (χ3n) is 3.01. The van der Waals surface area contributed by atoms with Gasteiger partial charge in [0.25, 0.3) is 0 Å². The van der Waals surface area contributed by atoms with Gasteiger partial charge >= 0.3 is 0 Å². The van der Waals surface area contributed by atoms with Crippen molar-refractivity contribution in [3.8, 4) is 5.75 Å². The first-order valence-electron chi connectivity index (χ1n) is 6.38. The first-order valence-corrected chi connectivity index (χ1v) is 6.38. The molecular weight excluding hydrogens is 240 g/mol. The number of ether oxygens (including phenoxy) is 1. The number of primary amides is 1. The van der Waals surface area contributed by atoms with Crippen LogP contribution in [-0.4, -0.2) is 31.5 Å². The van der Waals surface area contributed by atoms with Gasteiger partial charge in [0, 0.05) is 12.1 Å². The van der Waals surface area contributed by atoms with E-state index in [1.807, 2.05) is 18.0 Å². The Balaban J connectivity index is 2.99. The maximum absolute atomic E-state index is 10.9. The maximum atomic E-state index is 10.9. The van der Waals surface area contributed by atoms with Crippen molar-refractivity contribution in [2.24, 2.45) is 5.73 Å². The Morgan fingerprint density at radius 3 is 2.47 bits per heavy atom. The molecule has 1 rings (SSSR count). The second kappa shape index (κ2) is 6.06. The molecule has 0 aromatic heterocycles. The van der Waals surface area contributed by atoms with Crippen LogP contribution in [0.1, 0.15) is 31.9 Å². The fraction of sp³-hybridized carbons (Fsp3) is 0.533. The monoisotopic (exact) mass is 264 g/mol. The first kappa shape index (κ1) is 15.5. The van der Waals surface area contributed by atoms with E-state index in [2.05, 4.69) is 32.9 Å². The zero-order valence-corrected chi connectivity index (χ0v) is 12.5. The Hall–Kier alpha value is -1.55. The van der Waals surface area contributed by atoms with Crippen molar-refractivity contribution < 1.29 is 9.53 Å². The lowest BCUT2D eigenvalue weighted by Gasteiger charge is -2.23. The quantitative estimate of drug-likeness (QED) is 0.884. The van der Waals surface area contributed by atoms with Gasteiger partial charge in [0.2, 0.25) is 5.91 Å². The van der Waals surface area contributed by atoms with E-state index in [-0.39, 0.29) is 17.9 Å². The summed E-state index contributed by atoms with van der Waals surface area (Å²) in [5.74, 6) is 0.512. The zero-order valence-electron chi connectivity index (χ0n) is 12.5. The number of amides is 1. The zero-order chi connectivity index (χ0) is 14.6. The van der Waals surface area contributed by atoms with Crippen molar-refractivity contribution in [3.63, 3.8) is 0 Å². The van der Waals surface area contributed by atoms with E-state index in [0.29, 0.717) is 6.54 Å². The van der Waals surface area contributed by atoms with Crippen LogP contribution >= 0.6 is 0 Å². The Labute approximate surface area is 115 Å². The smallest absolute Gasteiger partial charge is 0.231 e. The summed E-state index contributed by atoms with van der Waals surface area (Å²) in [4.78, 5) is 12.8. The minimum absolute atomic E-state index is 0.0866. The van der Waals surface area contributed by atoms with E-state index < -0.39 is 0 Å². The predicted octanol–water partition coefficient (Wildman–Crippen LogP) is 1.91. The minimum atomic E-state index is -0.326. The number of rotatable bonds is 5. The highest BCUT2D eigenvalue weighted by molar-refractivity contribution is 5.75. The highest BCUT2D eigenvalue weighted by atomic mass is 16.5. The number of hydrogen-bond donors (Lipinski definition) is 1. The molecule has 0 radical (unpaired) electrons. The second-order valence-corrected chi connectivity index (χ2v) is 5.92. The third-order valence-corrected chi connectivity index (χ3v) is 3.01. The predicted molar refractivity (Wildman–Crippen MR) is 77.2 cm³/mol. The van der Waals surface area contributed by atoms with Gasteiger partial charge in [-0.1, -0.05) is 32.9 Å². The van der Waals surface area contributed by atoms with E-state index in [4.69, 9.17) is 10.5 Å². The molecule has 2 N–H and O–H groups in total. The number of likely N-dealkylation sites (N-methyl/N-ethyl adjacent to an activating group) is 1. The molecule has 0 saturated carbocycles. The van der Waals surface area contributed by atoms with Crippen LogP contribution in [0.5, 0.6) is 5.75 Å². The van der Waals surface area contributed by atoms with Crippen LogP contribution in [0.4, 0.5) is 0 Å². The van der Waals surface area contributed by atoms with Gasteiger partial charge in [-0.3, -0.25) is 9.69 Å². The molecule has 0 fully saturated rings. The average Bonchev–Trinajstić information content (AvgIpc) is 2.26. The summed E-state index contributed by atoms with van der Waals surface area (Å²) >= 11 is 0. The SMILES string of the molecule is COc1ccc(C(C)(C)C)cc1CN(C)CC(N)=O. The lowest BCUT2D eigenvalue weighted by atomic mass is 9.86.